The first-order valence-electron chi connectivity index (χ1n) is 17.9. The van der Waals surface area contributed by atoms with E-state index in [9.17, 15) is 19.2 Å². The van der Waals surface area contributed by atoms with E-state index in [0.29, 0.717) is 11.4 Å². The summed E-state index contributed by atoms with van der Waals surface area (Å²) in [5, 5.41) is 0. The second-order valence-electron chi connectivity index (χ2n) is 14.2. The Bertz CT molecular complexity index is 1940. The lowest BCUT2D eigenvalue weighted by Gasteiger charge is -2.32. The van der Waals surface area contributed by atoms with Crippen LogP contribution in [0.1, 0.15) is 45.9 Å². The van der Waals surface area contributed by atoms with Crippen molar-refractivity contribution in [2.45, 2.75) is 23.7 Å². The van der Waals surface area contributed by atoms with E-state index in [0.717, 1.165) is 22.3 Å². The Morgan fingerprint density at radius 3 is 0.808 bits per heavy atom. The average molecular weight is 681 g/mol. The quantitative estimate of drug-likeness (QED) is 0.134. The van der Waals surface area contributed by atoms with Gasteiger partial charge in [-0.1, -0.05) is 152 Å². The summed E-state index contributed by atoms with van der Waals surface area (Å²) >= 11 is 0. The van der Waals surface area contributed by atoms with Gasteiger partial charge in [0.15, 0.2) is 0 Å². The molecule has 0 radical (unpaired) electrons. The Balaban J connectivity index is 1.10. The van der Waals surface area contributed by atoms with Crippen LogP contribution < -0.4 is 9.80 Å². The van der Waals surface area contributed by atoms with Crippen molar-refractivity contribution in [2.75, 3.05) is 9.80 Å². The Labute approximate surface area is 302 Å². The van der Waals surface area contributed by atoms with E-state index < -0.39 is 23.7 Å². The van der Waals surface area contributed by atoms with Crippen LogP contribution in [0.3, 0.4) is 0 Å². The van der Waals surface area contributed by atoms with Crippen LogP contribution in [0.5, 0.6) is 0 Å². The van der Waals surface area contributed by atoms with Crippen LogP contribution in [0.15, 0.2) is 170 Å². The Morgan fingerprint density at radius 1 is 0.308 bits per heavy atom. The number of rotatable bonds is 6. The van der Waals surface area contributed by atoms with Crippen LogP contribution in [-0.4, -0.2) is 23.6 Å². The molecular weight excluding hydrogens is 645 g/mol. The summed E-state index contributed by atoms with van der Waals surface area (Å²) in [7, 11) is 0. The van der Waals surface area contributed by atoms with Crippen LogP contribution >= 0.6 is 0 Å². The van der Waals surface area contributed by atoms with Gasteiger partial charge in [0.05, 0.1) is 35.0 Å². The molecule has 0 N–H and O–H groups in total. The van der Waals surface area contributed by atoms with Gasteiger partial charge in [0.25, 0.3) is 0 Å². The summed E-state index contributed by atoms with van der Waals surface area (Å²) in [6.07, 6.45) is 8.29. The monoisotopic (exact) mass is 680 g/mol. The topological polar surface area (TPSA) is 74.8 Å². The van der Waals surface area contributed by atoms with Crippen molar-refractivity contribution in [2.24, 2.45) is 23.7 Å². The molecule has 2 fully saturated rings. The number of hydrogen-bond donors (Lipinski definition) is 0. The molecule has 2 heterocycles. The number of carbonyl (C=O) groups is 4. The fourth-order valence-corrected chi connectivity index (χ4v) is 9.15. The summed E-state index contributed by atoms with van der Waals surface area (Å²) in [6, 6.07) is 46.2. The van der Waals surface area contributed by atoms with Crippen LogP contribution in [0.4, 0.5) is 11.4 Å². The van der Waals surface area contributed by atoms with Crippen molar-refractivity contribution in [3.8, 4) is 0 Å². The van der Waals surface area contributed by atoms with Gasteiger partial charge in [0.2, 0.25) is 23.6 Å². The highest BCUT2D eigenvalue weighted by Crippen LogP contribution is 2.52. The molecule has 0 bridgehead atoms. The van der Waals surface area contributed by atoms with Gasteiger partial charge >= 0.3 is 0 Å². The molecule has 0 unspecified atom stereocenters. The minimum absolute atomic E-state index is 0.280. The predicted molar refractivity (Wildman–Crippen MR) is 200 cm³/mol. The summed E-state index contributed by atoms with van der Waals surface area (Å²) in [5.74, 6) is -4.70. The first kappa shape index (κ1) is 31.8. The molecule has 4 aliphatic rings. The van der Waals surface area contributed by atoms with E-state index in [2.05, 4.69) is 24.3 Å². The number of carbonyl (C=O) groups excluding carboxylic acids is 4. The number of fused-ring (bicyclic) bond motifs is 2. The molecule has 4 amide bonds. The molecule has 8 atom stereocenters. The number of anilines is 2. The number of imide groups is 2. The normalized spacial score (nSPS) is 27.9. The van der Waals surface area contributed by atoms with Gasteiger partial charge in [-0.2, -0.15) is 0 Å². The maximum absolute atomic E-state index is 14.6. The smallest absolute Gasteiger partial charge is 0.238 e. The summed E-state index contributed by atoms with van der Waals surface area (Å²) in [6.45, 7) is 0. The predicted octanol–water partition coefficient (Wildman–Crippen LogP) is 8.17. The molecule has 2 saturated heterocycles. The lowest BCUT2D eigenvalue weighted by molar-refractivity contribution is -0.124. The van der Waals surface area contributed by atoms with Crippen molar-refractivity contribution in [3.63, 3.8) is 0 Å². The maximum Gasteiger partial charge on any atom is 0.238 e. The third-order valence-corrected chi connectivity index (χ3v) is 11.5. The average Bonchev–Trinajstić information content (AvgIpc) is 3.63. The number of amides is 4. The van der Waals surface area contributed by atoms with Gasteiger partial charge in [-0.3, -0.25) is 19.2 Å². The fraction of sp³-hybridized carbons (Fsp3) is 0.174. The minimum atomic E-state index is -0.615. The van der Waals surface area contributed by atoms with Gasteiger partial charge in [-0.05, 0) is 40.5 Å². The lowest BCUT2D eigenvalue weighted by Crippen LogP contribution is -2.33. The molecule has 2 aliphatic carbocycles. The fourth-order valence-electron chi connectivity index (χ4n) is 9.15. The van der Waals surface area contributed by atoms with Crippen molar-refractivity contribution < 1.29 is 19.2 Å². The third kappa shape index (κ3) is 5.09. The number of nitrogens with zero attached hydrogens (tertiary/aromatic N) is 2. The van der Waals surface area contributed by atoms with E-state index in [-0.39, 0.29) is 47.3 Å². The number of allylic oxidation sites excluding steroid dienone is 4. The SMILES string of the molecule is O=C1[C@@H]2[C@H](C(=O)N1c1cccc(N3C(=O)[C@@H]4[C@H](C3=O)[C@H](c3ccccc3)C=C[C@@H]4c3ccccc3)c1)[C@H](c1ccccc1)C=C[C@@H]2c1ccccc1. The first-order valence-corrected chi connectivity index (χ1v) is 17.9. The van der Waals surface area contributed by atoms with E-state index in [1.165, 1.54) is 9.80 Å². The largest absolute Gasteiger partial charge is 0.274 e. The highest BCUT2D eigenvalue weighted by atomic mass is 16.2. The summed E-state index contributed by atoms with van der Waals surface area (Å²) in [4.78, 5) is 60.9. The van der Waals surface area contributed by atoms with Gasteiger partial charge < -0.3 is 0 Å². The summed E-state index contributed by atoms with van der Waals surface area (Å²) in [5.41, 5.74) is 4.61. The molecule has 254 valence electrons. The molecule has 5 aromatic rings. The second kappa shape index (κ2) is 12.9. The molecule has 2 aliphatic heterocycles. The van der Waals surface area contributed by atoms with Crippen molar-refractivity contribution in [1.29, 1.82) is 0 Å². The molecule has 52 heavy (non-hydrogen) atoms. The van der Waals surface area contributed by atoms with Crippen LogP contribution in [0, 0.1) is 23.7 Å². The van der Waals surface area contributed by atoms with Crippen molar-refractivity contribution in [1.82, 2.24) is 0 Å². The molecule has 0 aromatic heterocycles. The van der Waals surface area contributed by atoms with Gasteiger partial charge in [0, 0.05) is 23.7 Å². The van der Waals surface area contributed by atoms with Crippen LogP contribution in [0.2, 0.25) is 0 Å². The molecule has 6 heteroatoms. The lowest BCUT2D eigenvalue weighted by atomic mass is 9.68. The molecule has 9 rings (SSSR count). The van der Waals surface area contributed by atoms with Gasteiger partial charge in [0.1, 0.15) is 0 Å². The van der Waals surface area contributed by atoms with Gasteiger partial charge in [-0.15, -0.1) is 0 Å². The Hall–Kier alpha value is -6.14. The third-order valence-electron chi connectivity index (χ3n) is 11.5. The van der Waals surface area contributed by atoms with Gasteiger partial charge in [-0.25, -0.2) is 9.80 Å². The number of benzene rings is 5. The highest BCUT2D eigenvalue weighted by Gasteiger charge is 2.57. The molecule has 6 nitrogen and oxygen atoms in total. The Kier molecular flexibility index (Phi) is 7.88. The van der Waals surface area contributed by atoms with Crippen molar-refractivity contribution in [3.05, 3.63) is 192 Å². The van der Waals surface area contributed by atoms with E-state index >= 15 is 0 Å². The van der Waals surface area contributed by atoms with Crippen molar-refractivity contribution >= 4 is 35.0 Å². The molecule has 0 spiro atoms. The standard InChI is InChI=1S/C46H36N2O4/c49-43-39-35(29-14-5-1-6-15-29)24-25-36(30-16-7-2-8-17-30)40(39)44(50)47(43)33-22-13-23-34(28-33)48-45(51)41-37(31-18-9-3-10-19-31)26-27-38(42(41)46(48)52)32-20-11-4-12-21-32/h1-28,35-42H/t35-,36+,37-,38+,39+,40-,41+,42-. The van der Waals surface area contributed by atoms with E-state index in [4.69, 9.17) is 0 Å². The zero-order valence-electron chi connectivity index (χ0n) is 28.3. The second-order valence-corrected chi connectivity index (χ2v) is 14.2. The summed E-state index contributed by atoms with van der Waals surface area (Å²) < 4.78 is 0. The number of hydrogen-bond acceptors (Lipinski definition) is 4. The first-order chi connectivity index (χ1) is 25.5. The highest BCUT2D eigenvalue weighted by molar-refractivity contribution is 6.25. The Morgan fingerprint density at radius 2 is 0.558 bits per heavy atom. The molecule has 0 saturated carbocycles. The minimum Gasteiger partial charge on any atom is -0.274 e. The zero-order chi connectivity index (χ0) is 35.3. The van der Waals surface area contributed by atoms with E-state index in [1.807, 2.05) is 121 Å². The van der Waals surface area contributed by atoms with Crippen LogP contribution in [-0.2, 0) is 19.2 Å². The van der Waals surface area contributed by atoms with Crippen LogP contribution in [0.25, 0.3) is 0 Å². The van der Waals surface area contributed by atoms with E-state index in [1.54, 1.807) is 24.3 Å². The maximum atomic E-state index is 14.6. The molecule has 5 aromatic carbocycles. The zero-order valence-corrected chi connectivity index (χ0v) is 28.3. The molecular formula is C46H36N2O4.